The third-order valence-corrected chi connectivity index (χ3v) is 13.7. The first-order valence-electron chi connectivity index (χ1n) is 24.2. The summed E-state index contributed by atoms with van der Waals surface area (Å²) in [7, 11) is 0. The summed E-state index contributed by atoms with van der Waals surface area (Å²) < 4.78 is 82.4. The minimum atomic E-state index is -2.80. The van der Waals surface area contributed by atoms with E-state index in [2.05, 4.69) is 59.0 Å². The second-order valence-electron chi connectivity index (χ2n) is 16.3. The fourth-order valence-electron chi connectivity index (χ4n) is 9.83. The molecule has 0 unspecified atom stereocenters. The van der Waals surface area contributed by atoms with Gasteiger partial charge in [0, 0.05) is 38.6 Å². The van der Waals surface area contributed by atoms with Gasteiger partial charge in [-0.1, -0.05) is 147 Å². The topological polar surface area (TPSA) is 26.5 Å². The van der Waals surface area contributed by atoms with E-state index in [1.807, 2.05) is 86.6 Å². The minimum absolute atomic E-state index is 0.0217. The van der Waals surface area contributed by atoms with Crippen molar-refractivity contribution in [1.29, 1.82) is 0 Å². The summed E-state index contributed by atoms with van der Waals surface area (Å²) in [6.45, 7) is 0.346. The maximum absolute atomic E-state index is 9.58. The van der Waals surface area contributed by atoms with Crippen molar-refractivity contribution < 1.29 is 15.7 Å². The van der Waals surface area contributed by atoms with Gasteiger partial charge in [-0.3, -0.25) is 4.40 Å². The molecular formula is C56H42N2OS. The molecule has 10 aromatic rings. The van der Waals surface area contributed by atoms with E-state index < -0.39 is 25.5 Å². The fourth-order valence-corrected chi connectivity index (χ4v) is 10.9. The first-order chi connectivity index (χ1) is 32.4. The number of para-hydroxylation sites is 1. The normalized spacial score (nSPS) is 16.1. The zero-order chi connectivity index (χ0) is 47.2. The second kappa shape index (κ2) is 12.9. The van der Waals surface area contributed by atoms with E-state index in [0.717, 1.165) is 65.8 Å². The van der Waals surface area contributed by atoms with E-state index in [-0.39, 0.29) is 11.1 Å². The van der Waals surface area contributed by atoms with Crippen LogP contribution in [0.5, 0.6) is 11.5 Å². The van der Waals surface area contributed by atoms with Gasteiger partial charge in [0.1, 0.15) is 11.5 Å². The molecule has 0 radical (unpaired) electrons. The Morgan fingerprint density at radius 2 is 1.27 bits per heavy atom. The van der Waals surface area contributed by atoms with Gasteiger partial charge in [0.2, 0.25) is 0 Å². The Bertz CT molecular complexity index is 3770. The molecule has 3 nitrogen and oxygen atoms in total. The van der Waals surface area contributed by atoms with Gasteiger partial charge in [0.05, 0.1) is 21.3 Å². The van der Waals surface area contributed by atoms with Crippen LogP contribution in [0.3, 0.4) is 0 Å². The number of aromatic nitrogens is 2. The molecule has 2 aromatic heterocycles. The SMILES string of the molecule is [2H]C([2H])([2H])c1ccc2c(c1)Oc1c(cc(-c3c(C([2H])([2H])C)ccc4c3nc3sc5ccccc5n34)c(C([2H])([2H])[2H])c1-c1ccc3c(c1)-c1ccccc1-c1ccccc1-c1ccccc1-3)C2(C)C. The van der Waals surface area contributed by atoms with Crippen LogP contribution in [-0.2, 0) is 11.8 Å². The van der Waals surface area contributed by atoms with Gasteiger partial charge < -0.3 is 4.74 Å². The number of nitrogens with zero attached hydrogens (tertiary/aromatic N) is 2. The van der Waals surface area contributed by atoms with Crippen molar-refractivity contribution in [3.05, 3.63) is 179 Å². The Labute approximate surface area is 365 Å². The molecule has 60 heavy (non-hydrogen) atoms. The molecule has 0 saturated heterocycles. The summed E-state index contributed by atoms with van der Waals surface area (Å²) in [4.78, 5) is 5.94. The monoisotopic (exact) mass is 798 g/mol. The summed E-state index contributed by atoms with van der Waals surface area (Å²) in [5, 5.41) is 0. The van der Waals surface area contributed by atoms with Gasteiger partial charge in [-0.25, -0.2) is 4.98 Å². The summed E-state index contributed by atoms with van der Waals surface area (Å²) in [6.07, 6.45) is -1.93. The van der Waals surface area contributed by atoms with Gasteiger partial charge in [-0.15, -0.1) is 0 Å². The zero-order valence-electron chi connectivity index (χ0n) is 41.1. The van der Waals surface area contributed by atoms with E-state index >= 15 is 0 Å². The number of imidazole rings is 1. The molecule has 0 saturated carbocycles. The quantitative estimate of drug-likeness (QED) is 0.178. The highest BCUT2D eigenvalue weighted by molar-refractivity contribution is 7.23. The third kappa shape index (κ3) is 4.92. The fraction of sp³-hybridized carbons (Fsp3) is 0.125. The number of hydrogen-bond acceptors (Lipinski definition) is 3. The summed E-state index contributed by atoms with van der Waals surface area (Å²) in [5.74, 6) is 0.632. The Hall–Kier alpha value is -6.75. The molecule has 0 N–H and O–H groups in total. The highest BCUT2D eigenvalue weighted by Gasteiger charge is 2.38. The first-order valence-corrected chi connectivity index (χ1v) is 21.0. The maximum Gasteiger partial charge on any atom is 0.195 e. The molecule has 0 bridgehead atoms. The van der Waals surface area contributed by atoms with Crippen LogP contribution >= 0.6 is 11.3 Å². The lowest BCUT2D eigenvalue weighted by Gasteiger charge is -2.37. The van der Waals surface area contributed by atoms with E-state index in [9.17, 15) is 6.85 Å². The molecule has 2 aliphatic rings. The Balaban J connectivity index is 1.24. The summed E-state index contributed by atoms with van der Waals surface area (Å²) >= 11 is 1.52. The summed E-state index contributed by atoms with van der Waals surface area (Å²) in [6, 6.07) is 49.6. The molecule has 8 aromatic carbocycles. The molecule has 1 aliphatic heterocycles. The zero-order valence-corrected chi connectivity index (χ0v) is 34.0. The largest absolute Gasteiger partial charge is 0.456 e. The molecule has 4 heteroatoms. The molecule has 3 heterocycles. The van der Waals surface area contributed by atoms with E-state index in [1.54, 1.807) is 24.3 Å². The number of rotatable bonds is 3. The van der Waals surface area contributed by atoms with Crippen molar-refractivity contribution in [2.75, 3.05) is 0 Å². The molecule has 0 atom stereocenters. The predicted octanol–water partition coefficient (Wildman–Crippen LogP) is 15.6. The van der Waals surface area contributed by atoms with Gasteiger partial charge >= 0.3 is 0 Å². The van der Waals surface area contributed by atoms with Gasteiger partial charge in [0.25, 0.3) is 0 Å². The van der Waals surface area contributed by atoms with Crippen molar-refractivity contribution in [3.63, 3.8) is 0 Å². The van der Waals surface area contributed by atoms with Gasteiger partial charge in [-0.2, -0.15) is 0 Å². The van der Waals surface area contributed by atoms with E-state index in [0.29, 0.717) is 55.4 Å². The number of aryl methyl sites for hydroxylation is 2. The number of benzene rings is 8. The number of fused-ring (bicyclic) bond motifs is 15. The lowest BCUT2D eigenvalue weighted by atomic mass is 9.72. The van der Waals surface area contributed by atoms with Crippen LogP contribution < -0.4 is 4.74 Å². The van der Waals surface area contributed by atoms with Crippen LogP contribution in [0.25, 0.3) is 93.0 Å². The van der Waals surface area contributed by atoms with Crippen molar-refractivity contribution in [3.8, 4) is 78.3 Å². The lowest BCUT2D eigenvalue weighted by molar-refractivity contribution is 0.419. The number of ether oxygens (including phenoxy) is 1. The second-order valence-corrected chi connectivity index (χ2v) is 17.3. The lowest BCUT2D eigenvalue weighted by Crippen LogP contribution is -2.25. The minimum Gasteiger partial charge on any atom is -0.456 e. The van der Waals surface area contributed by atoms with Crippen LogP contribution in [0.4, 0.5) is 0 Å². The smallest absolute Gasteiger partial charge is 0.195 e. The van der Waals surface area contributed by atoms with Crippen LogP contribution in [0.15, 0.2) is 152 Å². The average Bonchev–Trinajstić information content (AvgIpc) is 3.86. The molecule has 0 amide bonds. The van der Waals surface area contributed by atoms with E-state index in [1.165, 1.54) is 18.3 Å². The first kappa shape index (κ1) is 27.8. The molecule has 288 valence electrons. The standard InChI is InChI=1S/C56H42N2OS/c1-6-34-25-28-48-53(57-55-58(48)47-21-13-14-22-50(47)60-55)52(34)43-31-46-54(59-49-29-32(2)23-27-45(49)56(46,4)5)51(33(43)3)35-24-26-42-40-19-10-9-17-38(40)36-15-7-8-16-37(36)39-18-11-12-20-41(39)44(42)30-35/h7-31H,6H2,1-5H3/i2D3,3D3,6D2. The van der Waals surface area contributed by atoms with Crippen LogP contribution in [0, 0.1) is 13.7 Å². The van der Waals surface area contributed by atoms with Crippen LogP contribution in [0.2, 0.25) is 0 Å². The van der Waals surface area contributed by atoms with Crippen molar-refractivity contribution in [2.45, 2.75) is 46.3 Å². The Kier molecular flexibility index (Phi) is 5.98. The van der Waals surface area contributed by atoms with E-state index in [4.69, 9.17) is 13.8 Å². The van der Waals surface area contributed by atoms with Crippen LogP contribution in [0.1, 0.15) is 59.6 Å². The predicted molar refractivity (Wildman–Crippen MR) is 252 cm³/mol. The van der Waals surface area contributed by atoms with Crippen LogP contribution in [-0.4, -0.2) is 9.38 Å². The molecular weight excluding hydrogens is 749 g/mol. The molecule has 1 aliphatic carbocycles. The van der Waals surface area contributed by atoms with Crippen molar-refractivity contribution in [2.24, 2.45) is 0 Å². The average molecular weight is 799 g/mol. The third-order valence-electron chi connectivity index (χ3n) is 12.7. The molecule has 0 fully saturated rings. The maximum atomic E-state index is 9.58. The molecule has 0 spiro atoms. The number of hydrogen-bond donors (Lipinski definition) is 0. The number of thiazole rings is 1. The van der Waals surface area contributed by atoms with Gasteiger partial charge in [0.15, 0.2) is 4.96 Å². The van der Waals surface area contributed by atoms with Crippen molar-refractivity contribution in [1.82, 2.24) is 9.38 Å². The van der Waals surface area contributed by atoms with Crippen molar-refractivity contribution >= 4 is 37.5 Å². The Morgan fingerprint density at radius 1 is 0.617 bits per heavy atom. The highest BCUT2D eigenvalue weighted by atomic mass is 32.1. The Morgan fingerprint density at radius 3 is 1.93 bits per heavy atom. The summed E-state index contributed by atoms with van der Waals surface area (Å²) in [5.41, 5.74) is 12.8. The van der Waals surface area contributed by atoms with Gasteiger partial charge in [-0.05, 0) is 129 Å². The molecule has 12 rings (SSSR count). The highest BCUT2D eigenvalue weighted by Crippen LogP contribution is 2.56.